The van der Waals surface area contributed by atoms with E-state index in [0.717, 1.165) is 10.0 Å². The molecule has 0 atom stereocenters. The maximum Gasteiger partial charge on any atom is 0.343 e. The Morgan fingerprint density at radius 2 is 1.77 bits per heavy atom. The summed E-state index contributed by atoms with van der Waals surface area (Å²) in [5.74, 6) is -0.639. The van der Waals surface area contributed by atoms with Crippen molar-refractivity contribution >= 4 is 39.7 Å². The van der Waals surface area contributed by atoms with Gasteiger partial charge in [-0.1, -0.05) is 40.2 Å². The molecule has 3 rings (SSSR count). The highest BCUT2D eigenvalue weighted by atomic mass is 79.9. The lowest BCUT2D eigenvalue weighted by atomic mass is 10.1. The van der Waals surface area contributed by atoms with Gasteiger partial charge in [-0.25, -0.2) is 10.2 Å². The van der Waals surface area contributed by atoms with Gasteiger partial charge < -0.3 is 4.74 Å². The predicted molar refractivity (Wildman–Crippen MR) is 118 cm³/mol. The molecular weight excluding hydrogens is 466 g/mol. The summed E-state index contributed by atoms with van der Waals surface area (Å²) in [6.45, 7) is 0. The van der Waals surface area contributed by atoms with E-state index in [0.29, 0.717) is 5.56 Å². The number of nitrogens with one attached hydrogen (secondary N) is 1. The van der Waals surface area contributed by atoms with E-state index in [-0.39, 0.29) is 29.3 Å². The SMILES string of the molecule is O=C(Cc1ccc(Br)cc1)N/N=C\c1cccc(OC(=O)c2ccc([N+](=O)[O-])cc2)c1. The Kier molecular flexibility index (Phi) is 7.23. The molecule has 0 unspecified atom stereocenters. The lowest BCUT2D eigenvalue weighted by Crippen LogP contribution is -2.19. The smallest absolute Gasteiger partial charge is 0.343 e. The van der Waals surface area contributed by atoms with Crippen LogP contribution in [0.1, 0.15) is 21.5 Å². The van der Waals surface area contributed by atoms with Gasteiger partial charge in [-0.15, -0.1) is 0 Å². The number of amides is 1. The molecule has 3 aromatic rings. The fourth-order valence-electron chi connectivity index (χ4n) is 2.55. The summed E-state index contributed by atoms with van der Waals surface area (Å²) in [5.41, 5.74) is 3.99. The Morgan fingerprint density at radius 3 is 2.45 bits per heavy atom. The van der Waals surface area contributed by atoms with Crippen molar-refractivity contribution in [1.82, 2.24) is 5.43 Å². The van der Waals surface area contributed by atoms with Gasteiger partial charge in [0.05, 0.1) is 23.1 Å². The van der Waals surface area contributed by atoms with Gasteiger partial charge in [-0.05, 0) is 47.5 Å². The van der Waals surface area contributed by atoms with Gasteiger partial charge in [0.2, 0.25) is 5.91 Å². The largest absolute Gasteiger partial charge is 0.423 e. The molecule has 156 valence electrons. The van der Waals surface area contributed by atoms with E-state index in [1.165, 1.54) is 30.5 Å². The highest BCUT2D eigenvalue weighted by Crippen LogP contribution is 2.17. The number of rotatable bonds is 7. The summed E-state index contributed by atoms with van der Waals surface area (Å²) in [6.07, 6.45) is 1.63. The number of ether oxygens (including phenoxy) is 1. The van der Waals surface area contributed by atoms with Crippen LogP contribution in [0, 0.1) is 10.1 Å². The third-order valence-corrected chi connectivity index (χ3v) is 4.59. The Hall–Kier alpha value is -3.85. The van der Waals surface area contributed by atoms with Crippen LogP contribution in [0.15, 0.2) is 82.4 Å². The van der Waals surface area contributed by atoms with Crippen molar-refractivity contribution in [2.45, 2.75) is 6.42 Å². The Morgan fingerprint density at radius 1 is 1.06 bits per heavy atom. The number of carbonyl (C=O) groups excluding carboxylic acids is 2. The first-order valence-electron chi connectivity index (χ1n) is 9.04. The predicted octanol–water partition coefficient (Wildman–Crippen LogP) is 4.27. The van der Waals surface area contributed by atoms with Gasteiger partial charge in [0, 0.05) is 16.6 Å². The molecule has 0 aliphatic carbocycles. The molecule has 8 nitrogen and oxygen atoms in total. The molecule has 31 heavy (non-hydrogen) atoms. The summed E-state index contributed by atoms with van der Waals surface area (Å²) in [6, 6.07) is 19.1. The first kappa shape index (κ1) is 21.8. The minimum atomic E-state index is -0.646. The molecule has 0 bridgehead atoms. The second kappa shape index (κ2) is 10.3. The molecule has 0 aliphatic rings. The van der Waals surface area contributed by atoms with Crippen LogP contribution < -0.4 is 10.2 Å². The number of hydrogen-bond donors (Lipinski definition) is 1. The molecule has 0 saturated carbocycles. The normalized spacial score (nSPS) is 10.6. The van der Waals surface area contributed by atoms with E-state index in [1.54, 1.807) is 24.3 Å². The van der Waals surface area contributed by atoms with Gasteiger partial charge >= 0.3 is 5.97 Å². The molecule has 0 aromatic heterocycles. The van der Waals surface area contributed by atoms with Crippen molar-refractivity contribution < 1.29 is 19.2 Å². The number of nitrogens with zero attached hydrogens (tertiary/aromatic N) is 2. The van der Waals surface area contributed by atoms with Crippen LogP contribution in [-0.4, -0.2) is 23.0 Å². The first-order valence-corrected chi connectivity index (χ1v) is 9.83. The maximum absolute atomic E-state index is 12.2. The van der Waals surface area contributed by atoms with Crippen LogP contribution in [0.2, 0.25) is 0 Å². The molecule has 1 N–H and O–H groups in total. The molecule has 0 saturated heterocycles. The number of hydrazone groups is 1. The highest BCUT2D eigenvalue weighted by molar-refractivity contribution is 9.10. The van der Waals surface area contributed by atoms with Gasteiger partial charge in [0.15, 0.2) is 0 Å². The van der Waals surface area contributed by atoms with Gasteiger partial charge in [-0.2, -0.15) is 5.10 Å². The summed E-state index contributed by atoms with van der Waals surface area (Å²) >= 11 is 3.34. The van der Waals surface area contributed by atoms with E-state index in [2.05, 4.69) is 26.5 Å². The van der Waals surface area contributed by atoms with Gasteiger partial charge in [0.1, 0.15) is 5.75 Å². The Bertz CT molecular complexity index is 1130. The number of halogens is 1. The monoisotopic (exact) mass is 481 g/mol. The number of hydrogen-bond acceptors (Lipinski definition) is 6. The fourth-order valence-corrected chi connectivity index (χ4v) is 2.81. The van der Waals surface area contributed by atoms with E-state index in [9.17, 15) is 19.7 Å². The lowest BCUT2D eigenvalue weighted by Gasteiger charge is -2.05. The molecule has 9 heteroatoms. The summed E-state index contributed by atoms with van der Waals surface area (Å²) in [4.78, 5) is 34.3. The maximum atomic E-state index is 12.2. The highest BCUT2D eigenvalue weighted by Gasteiger charge is 2.11. The van der Waals surface area contributed by atoms with Crippen LogP contribution in [-0.2, 0) is 11.2 Å². The number of nitro groups is 1. The van der Waals surface area contributed by atoms with Crippen LogP contribution in [0.25, 0.3) is 0 Å². The molecular formula is C22H16BrN3O5. The molecule has 1 amide bonds. The van der Waals surface area contributed by atoms with Crippen LogP contribution in [0.3, 0.4) is 0 Å². The number of non-ortho nitro benzene ring substituents is 1. The second-order valence-corrected chi connectivity index (χ2v) is 7.28. The zero-order chi connectivity index (χ0) is 22.2. The Labute approximate surface area is 185 Å². The molecule has 0 radical (unpaired) electrons. The number of carbonyl (C=O) groups is 2. The standard InChI is InChI=1S/C22H16BrN3O5/c23-18-8-4-15(5-9-18)13-21(27)25-24-14-16-2-1-3-20(12-16)31-22(28)17-6-10-19(11-7-17)26(29)30/h1-12,14H,13H2,(H,25,27)/b24-14-. The average Bonchev–Trinajstić information content (AvgIpc) is 2.75. The summed E-state index contributed by atoms with van der Waals surface area (Å²) in [7, 11) is 0. The lowest BCUT2D eigenvalue weighted by molar-refractivity contribution is -0.384. The minimum absolute atomic E-state index is 0.114. The van der Waals surface area contributed by atoms with Crippen molar-refractivity contribution in [2.75, 3.05) is 0 Å². The number of nitro benzene ring substituents is 1. The topological polar surface area (TPSA) is 111 Å². The van der Waals surface area contributed by atoms with Crippen LogP contribution in [0.5, 0.6) is 5.75 Å². The molecule has 3 aromatic carbocycles. The van der Waals surface area contributed by atoms with Crippen molar-refractivity contribution in [1.29, 1.82) is 0 Å². The number of benzene rings is 3. The van der Waals surface area contributed by atoms with Crippen molar-refractivity contribution in [3.05, 3.63) is 104 Å². The fraction of sp³-hybridized carbons (Fsp3) is 0.0455. The van der Waals surface area contributed by atoms with Crippen molar-refractivity contribution in [3.63, 3.8) is 0 Å². The minimum Gasteiger partial charge on any atom is -0.423 e. The van der Waals surface area contributed by atoms with Crippen LogP contribution in [0.4, 0.5) is 5.69 Å². The second-order valence-electron chi connectivity index (χ2n) is 6.36. The zero-order valence-corrected chi connectivity index (χ0v) is 17.6. The average molecular weight is 482 g/mol. The third kappa shape index (κ3) is 6.58. The number of esters is 1. The van der Waals surface area contributed by atoms with Gasteiger partial charge in [-0.3, -0.25) is 14.9 Å². The molecule has 0 heterocycles. The van der Waals surface area contributed by atoms with Crippen LogP contribution >= 0.6 is 15.9 Å². The van der Waals surface area contributed by atoms with Gasteiger partial charge in [0.25, 0.3) is 5.69 Å². The summed E-state index contributed by atoms with van der Waals surface area (Å²) < 4.78 is 6.23. The third-order valence-electron chi connectivity index (χ3n) is 4.06. The van der Waals surface area contributed by atoms with E-state index in [4.69, 9.17) is 4.74 Å². The van der Waals surface area contributed by atoms with Crippen molar-refractivity contribution in [3.8, 4) is 5.75 Å². The van der Waals surface area contributed by atoms with E-state index in [1.807, 2.05) is 24.3 Å². The first-order chi connectivity index (χ1) is 14.9. The summed E-state index contributed by atoms with van der Waals surface area (Å²) in [5, 5.41) is 14.6. The van der Waals surface area contributed by atoms with E-state index < -0.39 is 10.9 Å². The molecule has 0 fully saturated rings. The Balaban J connectivity index is 1.56. The quantitative estimate of drug-likeness (QED) is 0.178. The van der Waals surface area contributed by atoms with Crippen molar-refractivity contribution in [2.24, 2.45) is 5.10 Å². The molecule has 0 aliphatic heterocycles. The van der Waals surface area contributed by atoms with E-state index >= 15 is 0 Å². The molecule has 0 spiro atoms. The zero-order valence-electron chi connectivity index (χ0n) is 16.0.